The number of nitrogens with zero attached hydrogens (tertiary/aromatic N) is 4. The first-order chi connectivity index (χ1) is 15.2. The van der Waals surface area contributed by atoms with Crippen molar-refractivity contribution in [3.63, 3.8) is 0 Å². The van der Waals surface area contributed by atoms with Crippen molar-refractivity contribution < 1.29 is 9.15 Å². The first-order valence-corrected chi connectivity index (χ1v) is 10.3. The summed E-state index contributed by atoms with van der Waals surface area (Å²) < 4.78 is 13.1. The number of halogens is 1. The molecule has 0 bridgehead atoms. The molecule has 0 fully saturated rings. The van der Waals surface area contributed by atoms with Gasteiger partial charge in [0.1, 0.15) is 12.0 Å². The van der Waals surface area contributed by atoms with E-state index in [1.54, 1.807) is 17.1 Å². The number of hydrogen-bond acceptors (Lipinski definition) is 6. The molecule has 2 heterocycles. The molecule has 0 spiro atoms. The van der Waals surface area contributed by atoms with Crippen LogP contribution in [0.15, 0.2) is 71.6 Å². The van der Waals surface area contributed by atoms with E-state index in [9.17, 15) is 0 Å². The van der Waals surface area contributed by atoms with Gasteiger partial charge in [-0.1, -0.05) is 28.9 Å². The molecule has 0 saturated carbocycles. The van der Waals surface area contributed by atoms with Crippen molar-refractivity contribution in [3.8, 4) is 5.75 Å². The largest absolute Gasteiger partial charge is 0.494 e. The van der Waals surface area contributed by atoms with E-state index in [0.29, 0.717) is 24.1 Å². The Kier molecular flexibility index (Phi) is 6.97. The van der Waals surface area contributed by atoms with Gasteiger partial charge in [-0.2, -0.15) is 0 Å². The SMILES string of the molecule is Clc1ccc(/C=C/c2nc(CNc3ccc(OCCCn4ccnn4)cc3)co2)cc1. The van der Waals surface area contributed by atoms with Gasteiger partial charge in [0, 0.05) is 35.9 Å². The Balaban J connectivity index is 1.20. The fourth-order valence-corrected chi connectivity index (χ4v) is 2.98. The molecule has 2 aromatic carbocycles. The van der Waals surface area contributed by atoms with Crippen LogP contribution in [-0.2, 0) is 13.1 Å². The van der Waals surface area contributed by atoms with Gasteiger partial charge in [0.15, 0.2) is 0 Å². The number of nitrogens with one attached hydrogen (secondary N) is 1. The lowest BCUT2D eigenvalue weighted by molar-refractivity contribution is 0.298. The standard InChI is InChI=1S/C23H22ClN5O2/c24-19-5-2-18(3-6-19)4-11-23-27-21(17-31-23)16-25-20-7-9-22(10-8-20)30-15-1-13-29-14-12-26-28-29/h2-12,14,17,25H,1,13,15-16H2/b11-4+. The zero-order valence-corrected chi connectivity index (χ0v) is 17.6. The van der Waals surface area contributed by atoms with Crippen LogP contribution >= 0.6 is 11.6 Å². The highest BCUT2D eigenvalue weighted by Crippen LogP contribution is 2.17. The molecule has 158 valence electrons. The summed E-state index contributed by atoms with van der Waals surface area (Å²) in [4.78, 5) is 4.47. The van der Waals surface area contributed by atoms with E-state index in [0.717, 1.165) is 35.7 Å². The Hall–Kier alpha value is -3.58. The smallest absolute Gasteiger partial charge is 0.218 e. The lowest BCUT2D eigenvalue weighted by Gasteiger charge is -2.08. The Morgan fingerprint density at radius 3 is 2.68 bits per heavy atom. The van der Waals surface area contributed by atoms with Gasteiger partial charge in [0.2, 0.25) is 5.89 Å². The number of ether oxygens (including phenoxy) is 1. The third-order valence-corrected chi connectivity index (χ3v) is 4.71. The molecule has 4 rings (SSSR count). The molecular weight excluding hydrogens is 414 g/mol. The summed E-state index contributed by atoms with van der Waals surface area (Å²) in [6.07, 6.45) is 9.80. The number of benzene rings is 2. The molecule has 0 atom stereocenters. The van der Waals surface area contributed by atoms with Gasteiger partial charge >= 0.3 is 0 Å². The molecule has 7 nitrogen and oxygen atoms in total. The number of anilines is 1. The van der Waals surface area contributed by atoms with Crippen molar-refractivity contribution in [1.82, 2.24) is 20.0 Å². The van der Waals surface area contributed by atoms with E-state index in [-0.39, 0.29) is 0 Å². The highest BCUT2D eigenvalue weighted by Gasteiger charge is 2.02. The molecule has 31 heavy (non-hydrogen) atoms. The second-order valence-electron chi connectivity index (χ2n) is 6.81. The lowest BCUT2D eigenvalue weighted by Crippen LogP contribution is -2.05. The van der Waals surface area contributed by atoms with Gasteiger partial charge in [0.05, 0.1) is 25.0 Å². The van der Waals surface area contributed by atoms with Gasteiger partial charge in [-0.25, -0.2) is 4.98 Å². The second-order valence-corrected chi connectivity index (χ2v) is 7.24. The van der Waals surface area contributed by atoms with Gasteiger partial charge in [0.25, 0.3) is 0 Å². The zero-order chi connectivity index (χ0) is 21.3. The van der Waals surface area contributed by atoms with Crippen molar-refractivity contribution in [2.75, 3.05) is 11.9 Å². The molecular formula is C23H22ClN5O2. The van der Waals surface area contributed by atoms with E-state index >= 15 is 0 Å². The van der Waals surface area contributed by atoms with Crippen LogP contribution in [0, 0.1) is 0 Å². The van der Waals surface area contributed by atoms with E-state index < -0.39 is 0 Å². The van der Waals surface area contributed by atoms with Gasteiger partial charge in [-0.05, 0) is 48.0 Å². The number of hydrogen-bond donors (Lipinski definition) is 1. The Labute approximate surface area is 185 Å². The molecule has 0 saturated heterocycles. The average Bonchev–Trinajstić information content (AvgIpc) is 3.48. The average molecular weight is 436 g/mol. The van der Waals surface area contributed by atoms with Crippen molar-refractivity contribution in [3.05, 3.63) is 89.4 Å². The van der Waals surface area contributed by atoms with E-state index in [1.807, 2.05) is 66.9 Å². The Morgan fingerprint density at radius 2 is 1.90 bits per heavy atom. The van der Waals surface area contributed by atoms with Crippen LogP contribution in [0.2, 0.25) is 5.02 Å². The molecule has 0 amide bonds. The summed E-state index contributed by atoms with van der Waals surface area (Å²) in [7, 11) is 0. The van der Waals surface area contributed by atoms with Crippen LogP contribution in [0.3, 0.4) is 0 Å². The number of aryl methyl sites for hydroxylation is 1. The fourth-order valence-electron chi connectivity index (χ4n) is 2.85. The molecule has 8 heteroatoms. The van der Waals surface area contributed by atoms with Crippen molar-refractivity contribution >= 4 is 29.4 Å². The maximum absolute atomic E-state index is 5.90. The zero-order valence-electron chi connectivity index (χ0n) is 16.8. The van der Waals surface area contributed by atoms with E-state index in [2.05, 4.69) is 20.6 Å². The molecule has 0 aliphatic rings. The summed E-state index contributed by atoms with van der Waals surface area (Å²) in [6.45, 7) is 1.97. The topological polar surface area (TPSA) is 78.0 Å². The van der Waals surface area contributed by atoms with Crippen LogP contribution in [0.5, 0.6) is 5.75 Å². The lowest BCUT2D eigenvalue weighted by atomic mass is 10.2. The summed E-state index contributed by atoms with van der Waals surface area (Å²) >= 11 is 5.90. The van der Waals surface area contributed by atoms with Crippen LogP contribution in [-0.4, -0.2) is 26.6 Å². The molecule has 4 aromatic rings. The maximum Gasteiger partial charge on any atom is 0.218 e. The highest BCUT2D eigenvalue weighted by atomic mass is 35.5. The molecule has 0 aliphatic heterocycles. The molecule has 0 unspecified atom stereocenters. The maximum atomic E-state index is 5.90. The van der Waals surface area contributed by atoms with Gasteiger partial charge in [-0.15, -0.1) is 5.10 Å². The Morgan fingerprint density at radius 1 is 1.06 bits per heavy atom. The van der Waals surface area contributed by atoms with Crippen LogP contribution in [0.4, 0.5) is 5.69 Å². The minimum Gasteiger partial charge on any atom is -0.494 e. The number of rotatable bonds is 10. The first-order valence-electron chi connectivity index (χ1n) is 9.93. The minimum atomic E-state index is 0.557. The molecule has 0 radical (unpaired) electrons. The van der Waals surface area contributed by atoms with E-state index in [1.165, 1.54) is 0 Å². The number of aromatic nitrogens is 4. The summed E-state index contributed by atoms with van der Waals surface area (Å²) in [6, 6.07) is 15.4. The fraction of sp³-hybridized carbons (Fsp3) is 0.174. The van der Waals surface area contributed by atoms with E-state index in [4.69, 9.17) is 20.8 Å². The monoisotopic (exact) mass is 435 g/mol. The van der Waals surface area contributed by atoms with Crippen LogP contribution < -0.4 is 10.1 Å². The molecule has 2 aromatic heterocycles. The molecule has 0 aliphatic carbocycles. The second kappa shape index (κ2) is 10.4. The van der Waals surface area contributed by atoms with Gasteiger partial charge in [-0.3, -0.25) is 4.68 Å². The number of oxazole rings is 1. The summed E-state index contributed by atoms with van der Waals surface area (Å²) in [5.74, 6) is 1.39. The van der Waals surface area contributed by atoms with Crippen molar-refractivity contribution in [2.45, 2.75) is 19.5 Å². The summed E-state index contributed by atoms with van der Waals surface area (Å²) in [5, 5.41) is 11.8. The predicted octanol–water partition coefficient (Wildman–Crippen LogP) is 5.17. The quantitative estimate of drug-likeness (QED) is 0.346. The summed E-state index contributed by atoms with van der Waals surface area (Å²) in [5.41, 5.74) is 2.84. The van der Waals surface area contributed by atoms with Crippen molar-refractivity contribution in [1.29, 1.82) is 0 Å². The van der Waals surface area contributed by atoms with Crippen molar-refractivity contribution in [2.24, 2.45) is 0 Å². The molecule has 1 N–H and O–H groups in total. The predicted molar refractivity (Wildman–Crippen MR) is 121 cm³/mol. The van der Waals surface area contributed by atoms with Crippen LogP contribution in [0.1, 0.15) is 23.6 Å². The normalized spacial score (nSPS) is 11.1. The Bertz CT molecular complexity index is 1090. The highest BCUT2D eigenvalue weighted by molar-refractivity contribution is 6.30. The first kappa shape index (κ1) is 20.7. The minimum absolute atomic E-state index is 0.557. The third-order valence-electron chi connectivity index (χ3n) is 4.46. The third kappa shape index (κ3) is 6.45. The van der Waals surface area contributed by atoms with Gasteiger partial charge < -0.3 is 14.5 Å². The van der Waals surface area contributed by atoms with Crippen LogP contribution in [0.25, 0.3) is 12.2 Å².